The summed E-state index contributed by atoms with van der Waals surface area (Å²) < 4.78 is 5.61. The number of carboxylic acids is 1. The number of carbonyl (C=O) groups is 1. The molecule has 2 rings (SSSR count). The third-order valence-corrected chi connectivity index (χ3v) is 3.40. The van der Waals surface area contributed by atoms with Gasteiger partial charge in [0.25, 0.3) is 0 Å². The average Bonchev–Trinajstić information content (AvgIpc) is 2.85. The van der Waals surface area contributed by atoms with E-state index in [1.165, 1.54) is 5.56 Å². The van der Waals surface area contributed by atoms with Gasteiger partial charge in [-0.05, 0) is 37.1 Å². The molecule has 1 unspecified atom stereocenters. The molecule has 4 heteroatoms. The second-order valence-corrected chi connectivity index (χ2v) is 5.05. The smallest absolute Gasteiger partial charge is 0.307 e. The third-order valence-electron chi connectivity index (χ3n) is 3.40. The summed E-state index contributed by atoms with van der Waals surface area (Å²) in [5.74, 6) is 0.00962. The Balaban J connectivity index is 1.90. The third kappa shape index (κ3) is 3.96. The molecule has 1 aromatic carbocycles. The van der Waals surface area contributed by atoms with Crippen LogP contribution in [0.1, 0.15) is 25.3 Å². The SMILES string of the molecule is CCCOc1cccc(CN2CCC(C(=O)O)C2)c1. The lowest BCUT2D eigenvalue weighted by molar-refractivity contribution is -0.141. The van der Waals surface area contributed by atoms with Crippen molar-refractivity contribution in [3.63, 3.8) is 0 Å². The summed E-state index contributed by atoms with van der Waals surface area (Å²) >= 11 is 0. The maximum atomic E-state index is 10.9. The molecule has 0 radical (unpaired) electrons. The van der Waals surface area contributed by atoms with Crippen molar-refractivity contribution in [3.8, 4) is 5.75 Å². The van der Waals surface area contributed by atoms with E-state index in [1.54, 1.807) is 0 Å². The van der Waals surface area contributed by atoms with Crippen molar-refractivity contribution in [1.29, 1.82) is 0 Å². The minimum Gasteiger partial charge on any atom is -0.494 e. The zero-order valence-electron chi connectivity index (χ0n) is 11.3. The Morgan fingerprint density at radius 3 is 3.05 bits per heavy atom. The van der Waals surface area contributed by atoms with Crippen LogP contribution in [0.5, 0.6) is 5.75 Å². The molecule has 1 fully saturated rings. The van der Waals surface area contributed by atoms with E-state index < -0.39 is 5.97 Å². The van der Waals surface area contributed by atoms with Gasteiger partial charge in [-0.2, -0.15) is 0 Å². The van der Waals surface area contributed by atoms with Crippen LogP contribution in [-0.2, 0) is 11.3 Å². The molecule has 1 atom stereocenters. The van der Waals surface area contributed by atoms with E-state index in [0.717, 1.165) is 38.3 Å². The number of ether oxygens (including phenoxy) is 1. The van der Waals surface area contributed by atoms with E-state index in [0.29, 0.717) is 6.54 Å². The normalized spacial score (nSPS) is 19.5. The lowest BCUT2D eigenvalue weighted by Gasteiger charge is -2.15. The number of benzene rings is 1. The van der Waals surface area contributed by atoms with Crippen LogP contribution in [0.3, 0.4) is 0 Å². The summed E-state index contributed by atoms with van der Waals surface area (Å²) in [4.78, 5) is 13.1. The molecule has 1 N–H and O–H groups in total. The lowest BCUT2D eigenvalue weighted by Crippen LogP contribution is -2.22. The molecule has 1 aromatic rings. The largest absolute Gasteiger partial charge is 0.494 e. The van der Waals surface area contributed by atoms with Crippen molar-refractivity contribution in [1.82, 2.24) is 4.90 Å². The predicted molar refractivity (Wildman–Crippen MR) is 73.2 cm³/mol. The van der Waals surface area contributed by atoms with Gasteiger partial charge in [0.15, 0.2) is 0 Å². The second kappa shape index (κ2) is 6.57. The standard InChI is InChI=1S/C15H21NO3/c1-2-8-19-14-5-3-4-12(9-14)10-16-7-6-13(11-16)15(17)18/h3-5,9,13H,2,6-8,10-11H2,1H3,(H,17,18). The molecule has 0 bridgehead atoms. The van der Waals surface area contributed by atoms with Crippen LogP contribution >= 0.6 is 0 Å². The van der Waals surface area contributed by atoms with Crippen LogP contribution in [0.4, 0.5) is 0 Å². The molecule has 0 aliphatic carbocycles. The number of nitrogens with zero attached hydrogens (tertiary/aromatic N) is 1. The van der Waals surface area contributed by atoms with Gasteiger partial charge in [-0.15, -0.1) is 0 Å². The first-order valence-corrected chi connectivity index (χ1v) is 6.86. The van der Waals surface area contributed by atoms with Crippen molar-refractivity contribution < 1.29 is 14.6 Å². The van der Waals surface area contributed by atoms with Crippen LogP contribution < -0.4 is 4.74 Å². The van der Waals surface area contributed by atoms with Gasteiger partial charge in [0.05, 0.1) is 12.5 Å². The highest BCUT2D eigenvalue weighted by molar-refractivity contribution is 5.70. The Morgan fingerprint density at radius 1 is 1.53 bits per heavy atom. The Morgan fingerprint density at radius 2 is 2.37 bits per heavy atom. The lowest BCUT2D eigenvalue weighted by atomic mass is 10.1. The van der Waals surface area contributed by atoms with E-state index >= 15 is 0 Å². The molecule has 4 nitrogen and oxygen atoms in total. The molecular formula is C15H21NO3. The highest BCUT2D eigenvalue weighted by Gasteiger charge is 2.27. The van der Waals surface area contributed by atoms with Crippen LogP contribution in [0.25, 0.3) is 0 Å². The highest BCUT2D eigenvalue weighted by atomic mass is 16.5. The summed E-state index contributed by atoms with van der Waals surface area (Å²) in [6, 6.07) is 8.06. The number of carboxylic acid groups (broad SMARTS) is 1. The monoisotopic (exact) mass is 263 g/mol. The second-order valence-electron chi connectivity index (χ2n) is 5.05. The van der Waals surface area contributed by atoms with Crippen molar-refractivity contribution >= 4 is 5.97 Å². The fourth-order valence-electron chi connectivity index (χ4n) is 2.39. The number of aliphatic carboxylic acids is 1. The molecule has 0 saturated carbocycles. The quantitative estimate of drug-likeness (QED) is 0.856. The zero-order chi connectivity index (χ0) is 13.7. The van der Waals surface area contributed by atoms with Crippen molar-refractivity contribution in [3.05, 3.63) is 29.8 Å². The van der Waals surface area contributed by atoms with Crippen LogP contribution in [0.15, 0.2) is 24.3 Å². The summed E-state index contributed by atoms with van der Waals surface area (Å²) in [5, 5.41) is 8.99. The number of hydrogen-bond donors (Lipinski definition) is 1. The van der Waals surface area contributed by atoms with E-state index in [2.05, 4.69) is 17.9 Å². The van der Waals surface area contributed by atoms with Crippen LogP contribution in [-0.4, -0.2) is 35.7 Å². The zero-order valence-corrected chi connectivity index (χ0v) is 11.3. The number of likely N-dealkylation sites (tertiary alicyclic amines) is 1. The van der Waals surface area contributed by atoms with Crippen molar-refractivity contribution in [2.45, 2.75) is 26.3 Å². The van der Waals surface area contributed by atoms with E-state index in [9.17, 15) is 4.79 Å². The van der Waals surface area contributed by atoms with Crippen molar-refractivity contribution in [2.24, 2.45) is 5.92 Å². The molecular weight excluding hydrogens is 242 g/mol. The molecule has 0 aromatic heterocycles. The number of rotatable bonds is 6. The maximum Gasteiger partial charge on any atom is 0.307 e. The Bertz CT molecular complexity index is 433. The van der Waals surface area contributed by atoms with Gasteiger partial charge >= 0.3 is 5.97 Å². The van der Waals surface area contributed by atoms with Gasteiger partial charge in [0.2, 0.25) is 0 Å². The van der Waals surface area contributed by atoms with Gasteiger partial charge in [0.1, 0.15) is 5.75 Å². The molecule has 19 heavy (non-hydrogen) atoms. The van der Waals surface area contributed by atoms with Crippen molar-refractivity contribution in [2.75, 3.05) is 19.7 Å². The first kappa shape index (κ1) is 13.9. The van der Waals surface area contributed by atoms with Crippen LogP contribution in [0, 0.1) is 5.92 Å². The molecule has 1 saturated heterocycles. The minimum absolute atomic E-state index is 0.209. The number of hydrogen-bond acceptors (Lipinski definition) is 3. The predicted octanol–water partition coefficient (Wildman–Crippen LogP) is 2.38. The fourth-order valence-corrected chi connectivity index (χ4v) is 2.39. The summed E-state index contributed by atoms with van der Waals surface area (Å²) in [7, 11) is 0. The topological polar surface area (TPSA) is 49.8 Å². The molecule has 0 spiro atoms. The van der Waals surface area contributed by atoms with Gasteiger partial charge in [0, 0.05) is 13.1 Å². The molecule has 1 aliphatic rings. The van der Waals surface area contributed by atoms with Gasteiger partial charge in [-0.25, -0.2) is 0 Å². The molecule has 0 amide bonds. The highest BCUT2D eigenvalue weighted by Crippen LogP contribution is 2.21. The fraction of sp³-hybridized carbons (Fsp3) is 0.533. The Hall–Kier alpha value is -1.55. The molecule has 1 aliphatic heterocycles. The average molecular weight is 263 g/mol. The molecule has 1 heterocycles. The van der Waals surface area contributed by atoms with Gasteiger partial charge in [-0.1, -0.05) is 19.1 Å². The first-order valence-electron chi connectivity index (χ1n) is 6.86. The van der Waals surface area contributed by atoms with Gasteiger partial charge < -0.3 is 9.84 Å². The van der Waals surface area contributed by atoms with Crippen LogP contribution in [0.2, 0.25) is 0 Å². The summed E-state index contributed by atoms with van der Waals surface area (Å²) in [5.41, 5.74) is 1.18. The van der Waals surface area contributed by atoms with E-state index in [1.807, 2.05) is 18.2 Å². The van der Waals surface area contributed by atoms with Gasteiger partial charge in [-0.3, -0.25) is 9.69 Å². The minimum atomic E-state index is -0.678. The molecule has 104 valence electrons. The summed E-state index contributed by atoms with van der Waals surface area (Å²) in [6.07, 6.45) is 1.75. The summed E-state index contributed by atoms with van der Waals surface area (Å²) in [6.45, 7) is 5.12. The Labute approximate surface area is 114 Å². The van der Waals surface area contributed by atoms with E-state index in [4.69, 9.17) is 9.84 Å². The van der Waals surface area contributed by atoms with E-state index in [-0.39, 0.29) is 5.92 Å². The Kier molecular flexibility index (Phi) is 4.80. The maximum absolute atomic E-state index is 10.9. The first-order chi connectivity index (χ1) is 9.19.